The molecule has 30 heavy (non-hydrogen) atoms. The molecule has 2 aromatic rings. The molecule has 8 nitrogen and oxygen atoms in total. The number of carbonyl (C=O) groups is 1. The predicted molar refractivity (Wildman–Crippen MR) is 120 cm³/mol. The highest BCUT2D eigenvalue weighted by atomic mass is 32.1. The molecule has 0 unspecified atom stereocenters. The number of piperidine rings is 1. The number of anilines is 2. The van der Waals surface area contributed by atoms with Crippen molar-refractivity contribution in [1.29, 1.82) is 0 Å². The molecule has 0 saturated carbocycles. The fraction of sp³-hybridized carbons (Fsp3) is 0.333. The highest BCUT2D eigenvalue weighted by Crippen LogP contribution is 2.27. The third-order valence-electron chi connectivity index (χ3n) is 5.14. The van der Waals surface area contributed by atoms with Crippen molar-refractivity contribution in [3.8, 4) is 5.75 Å². The van der Waals surface area contributed by atoms with E-state index in [1.807, 2.05) is 24.3 Å². The molecule has 2 aromatic carbocycles. The Balaban J connectivity index is 1.59. The van der Waals surface area contributed by atoms with Crippen LogP contribution in [0.4, 0.5) is 17.1 Å². The van der Waals surface area contributed by atoms with E-state index < -0.39 is 10.8 Å². The van der Waals surface area contributed by atoms with Gasteiger partial charge in [-0.3, -0.25) is 20.2 Å². The van der Waals surface area contributed by atoms with Gasteiger partial charge < -0.3 is 15.0 Å². The lowest BCUT2D eigenvalue weighted by molar-refractivity contribution is -0.385. The van der Waals surface area contributed by atoms with E-state index in [1.165, 1.54) is 32.1 Å². The molecule has 1 saturated heterocycles. The van der Waals surface area contributed by atoms with E-state index in [0.29, 0.717) is 0 Å². The summed E-state index contributed by atoms with van der Waals surface area (Å²) in [5.41, 5.74) is 1.73. The second-order valence-corrected chi connectivity index (χ2v) is 7.68. The van der Waals surface area contributed by atoms with E-state index in [1.54, 1.807) is 0 Å². The van der Waals surface area contributed by atoms with Crippen LogP contribution < -0.4 is 20.3 Å². The van der Waals surface area contributed by atoms with Crippen molar-refractivity contribution in [2.24, 2.45) is 5.92 Å². The van der Waals surface area contributed by atoms with Crippen LogP contribution in [0.3, 0.4) is 0 Å². The van der Waals surface area contributed by atoms with Crippen molar-refractivity contribution < 1.29 is 14.5 Å². The summed E-state index contributed by atoms with van der Waals surface area (Å²) >= 11 is 5.20. The van der Waals surface area contributed by atoms with Crippen molar-refractivity contribution >= 4 is 40.3 Å². The number of thiocarbonyl (C=S) groups is 1. The Morgan fingerprint density at radius 1 is 1.20 bits per heavy atom. The molecule has 0 spiro atoms. The molecule has 1 amide bonds. The molecule has 2 N–H and O–H groups in total. The van der Waals surface area contributed by atoms with Gasteiger partial charge in [-0.05, 0) is 67.4 Å². The number of carbonyl (C=O) groups excluding carboxylic acids is 1. The highest BCUT2D eigenvalue weighted by Gasteiger charge is 2.19. The van der Waals surface area contributed by atoms with Gasteiger partial charge >= 0.3 is 5.69 Å². The minimum Gasteiger partial charge on any atom is -0.490 e. The first-order chi connectivity index (χ1) is 14.4. The van der Waals surface area contributed by atoms with Crippen molar-refractivity contribution in [3.05, 3.63) is 58.1 Å². The van der Waals surface area contributed by atoms with Crippen LogP contribution in [0, 0.1) is 16.0 Å². The standard InChI is InChI=1S/C21H24N4O4S/c1-14-9-11-24(12-10-14)17-6-4-16(5-7-17)22-21(30)23-20(26)15-3-8-19(29-2)18(13-15)25(27)28/h3-8,13-14H,9-12H2,1-2H3,(H2,22,23,26,30). The summed E-state index contributed by atoms with van der Waals surface area (Å²) < 4.78 is 4.95. The van der Waals surface area contributed by atoms with Gasteiger partial charge in [0.05, 0.1) is 12.0 Å². The van der Waals surface area contributed by atoms with Crippen LogP contribution in [0.5, 0.6) is 5.75 Å². The quantitative estimate of drug-likeness (QED) is 0.423. The van der Waals surface area contributed by atoms with E-state index in [9.17, 15) is 14.9 Å². The number of nitrogens with zero attached hydrogens (tertiary/aromatic N) is 2. The lowest BCUT2D eigenvalue weighted by atomic mass is 9.99. The second kappa shape index (κ2) is 9.53. The van der Waals surface area contributed by atoms with Crippen LogP contribution in [0.15, 0.2) is 42.5 Å². The van der Waals surface area contributed by atoms with Crippen LogP contribution in [0.2, 0.25) is 0 Å². The fourth-order valence-corrected chi connectivity index (χ4v) is 3.54. The number of nitrogens with one attached hydrogen (secondary N) is 2. The van der Waals surface area contributed by atoms with Gasteiger partial charge in [-0.1, -0.05) is 6.92 Å². The zero-order valence-corrected chi connectivity index (χ0v) is 17.7. The van der Waals surface area contributed by atoms with Gasteiger partial charge in [-0.2, -0.15) is 0 Å². The Labute approximate surface area is 180 Å². The molecule has 0 atom stereocenters. The molecule has 1 aliphatic heterocycles. The fourth-order valence-electron chi connectivity index (χ4n) is 3.33. The Morgan fingerprint density at radius 2 is 1.87 bits per heavy atom. The number of amides is 1. The molecular weight excluding hydrogens is 404 g/mol. The first kappa shape index (κ1) is 21.5. The maximum atomic E-state index is 12.4. The van der Waals surface area contributed by atoms with Crippen LogP contribution in [-0.2, 0) is 0 Å². The third-order valence-corrected chi connectivity index (χ3v) is 5.34. The average molecular weight is 429 g/mol. The molecule has 1 heterocycles. The van der Waals surface area contributed by atoms with E-state index in [-0.39, 0.29) is 22.1 Å². The van der Waals surface area contributed by atoms with Crippen molar-refractivity contribution in [2.45, 2.75) is 19.8 Å². The number of hydrogen-bond donors (Lipinski definition) is 2. The Bertz CT molecular complexity index is 941. The first-order valence-corrected chi connectivity index (χ1v) is 10.1. The number of nitro benzene ring substituents is 1. The summed E-state index contributed by atoms with van der Waals surface area (Å²) in [6, 6.07) is 11.8. The van der Waals surface area contributed by atoms with Crippen molar-refractivity contribution in [3.63, 3.8) is 0 Å². The Hall–Kier alpha value is -3.20. The maximum Gasteiger partial charge on any atom is 0.311 e. The second-order valence-electron chi connectivity index (χ2n) is 7.27. The molecule has 3 rings (SSSR count). The van der Waals surface area contributed by atoms with Crippen LogP contribution in [0.25, 0.3) is 0 Å². The van der Waals surface area contributed by atoms with Gasteiger partial charge in [-0.25, -0.2) is 0 Å². The number of methoxy groups -OCH3 is 1. The van der Waals surface area contributed by atoms with Gasteiger partial charge in [0.2, 0.25) is 0 Å². The van der Waals surface area contributed by atoms with Gasteiger partial charge in [0, 0.05) is 36.1 Å². The highest BCUT2D eigenvalue weighted by molar-refractivity contribution is 7.80. The van der Waals surface area contributed by atoms with Gasteiger partial charge in [0.15, 0.2) is 10.9 Å². The average Bonchev–Trinajstić information content (AvgIpc) is 2.74. The Morgan fingerprint density at radius 3 is 2.47 bits per heavy atom. The van der Waals surface area contributed by atoms with E-state index in [2.05, 4.69) is 22.5 Å². The molecule has 158 valence electrons. The van der Waals surface area contributed by atoms with Crippen molar-refractivity contribution in [1.82, 2.24) is 5.32 Å². The van der Waals surface area contributed by atoms with Crippen LogP contribution in [-0.4, -0.2) is 36.1 Å². The largest absolute Gasteiger partial charge is 0.490 e. The zero-order valence-electron chi connectivity index (χ0n) is 16.9. The number of nitro groups is 1. The van der Waals surface area contributed by atoms with Crippen molar-refractivity contribution in [2.75, 3.05) is 30.4 Å². The third kappa shape index (κ3) is 5.24. The molecular formula is C21H24N4O4S. The van der Waals surface area contributed by atoms with Crippen LogP contribution in [0.1, 0.15) is 30.1 Å². The number of hydrogen-bond acceptors (Lipinski definition) is 6. The van der Waals surface area contributed by atoms with E-state index in [0.717, 1.165) is 36.4 Å². The van der Waals surface area contributed by atoms with Crippen LogP contribution >= 0.6 is 12.2 Å². The van der Waals surface area contributed by atoms with Gasteiger partial charge in [0.1, 0.15) is 0 Å². The molecule has 9 heteroatoms. The predicted octanol–water partition coefficient (Wildman–Crippen LogP) is 3.97. The normalized spacial score (nSPS) is 14.1. The molecule has 0 bridgehead atoms. The zero-order chi connectivity index (χ0) is 21.7. The van der Waals surface area contributed by atoms with E-state index in [4.69, 9.17) is 17.0 Å². The Kier molecular flexibility index (Phi) is 6.83. The SMILES string of the molecule is COc1ccc(C(=O)NC(=S)Nc2ccc(N3CCC(C)CC3)cc2)cc1[N+](=O)[O-]. The smallest absolute Gasteiger partial charge is 0.311 e. The summed E-state index contributed by atoms with van der Waals surface area (Å²) in [6.07, 6.45) is 2.39. The molecule has 1 aliphatic rings. The monoisotopic (exact) mass is 428 g/mol. The minimum absolute atomic E-state index is 0.0838. The molecule has 1 fully saturated rings. The first-order valence-electron chi connectivity index (χ1n) is 9.67. The summed E-state index contributed by atoms with van der Waals surface area (Å²) in [6.45, 7) is 4.39. The molecule has 0 radical (unpaired) electrons. The molecule has 0 aromatic heterocycles. The number of rotatable bonds is 5. The number of benzene rings is 2. The topological polar surface area (TPSA) is 96.7 Å². The molecule has 0 aliphatic carbocycles. The maximum absolute atomic E-state index is 12.4. The van der Waals surface area contributed by atoms with Gasteiger partial charge in [-0.15, -0.1) is 0 Å². The van der Waals surface area contributed by atoms with E-state index >= 15 is 0 Å². The summed E-state index contributed by atoms with van der Waals surface area (Å²) in [4.78, 5) is 25.3. The summed E-state index contributed by atoms with van der Waals surface area (Å²) in [5, 5.41) is 16.7. The number of ether oxygens (including phenoxy) is 1. The lowest BCUT2D eigenvalue weighted by Gasteiger charge is -2.32. The van der Waals surface area contributed by atoms with Gasteiger partial charge in [0.25, 0.3) is 5.91 Å². The summed E-state index contributed by atoms with van der Waals surface area (Å²) in [5.74, 6) is 0.313. The summed E-state index contributed by atoms with van der Waals surface area (Å²) in [7, 11) is 1.33. The minimum atomic E-state index is -0.600. The lowest BCUT2D eigenvalue weighted by Crippen LogP contribution is -2.34.